The summed E-state index contributed by atoms with van der Waals surface area (Å²) in [5.74, 6) is -1.39. The van der Waals surface area contributed by atoms with Crippen molar-refractivity contribution in [3.8, 4) is 0 Å². The highest BCUT2D eigenvalue weighted by atomic mass is 32.2. The molecule has 4 aromatic carbocycles. The van der Waals surface area contributed by atoms with Gasteiger partial charge in [-0.05, 0) is 166 Å². The number of nitrogens with zero attached hydrogens (tertiary/aromatic N) is 2. The third kappa shape index (κ3) is 19.4. The molecule has 1 aliphatic carbocycles. The summed E-state index contributed by atoms with van der Waals surface area (Å²) in [4.78, 5) is 26.4. The Morgan fingerprint density at radius 2 is 1.22 bits per heavy atom. The zero-order chi connectivity index (χ0) is 65.9. The number of nitrogens with one attached hydrogen (secondary N) is 2. The summed E-state index contributed by atoms with van der Waals surface area (Å²) in [6.07, 6.45) is 13.5. The molecule has 0 saturated carbocycles. The number of aryl methyl sites for hydroxylation is 1. The Labute approximate surface area is 528 Å². The van der Waals surface area contributed by atoms with Crippen LogP contribution in [-0.2, 0) is 82.0 Å². The van der Waals surface area contributed by atoms with Crippen molar-refractivity contribution in [2.75, 3.05) is 69.0 Å². The minimum Gasteiger partial charge on any atom is -0.377 e. The fourth-order valence-corrected chi connectivity index (χ4v) is 14.1. The van der Waals surface area contributed by atoms with E-state index in [0.29, 0.717) is 87.1 Å². The molecule has 90 heavy (non-hydrogen) atoms. The molecule has 0 spiro atoms. The summed E-state index contributed by atoms with van der Waals surface area (Å²) in [6, 6.07) is 22.2. The summed E-state index contributed by atoms with van der Waals surface area (Å²) in [7, 11) is -21.5. The van der Waals surface area contributed by atoms with Crippen LogP contribution in [0.3, 0.4) is 0 Å². The molecule has 2 heterocycles. The van der Waals surface area contributed by atoms with E-state index < -0.39 is 78.7 Å². The lowest BCUT2D eigenvalue weighted by Crippen LogP contribution is -2.28. The Morgan fingerprint density at radius 3 is 1.83 bits per heavy atom. The maximum absolute atomic E-state index is 12.7. The number of ether oxygens (including phenoxy) is 2. The highest BCUT2D eigenvalue weighted by Gasteiger charge is 2.45. The predicted molar refractivity (Wildman–Crippen MR) is 342 cm³/mol. The van der Waals surface area contributed by atoms with Crippen LogP contribution in [0.5, 0.6) is 0 Å². The van der Waals surface area contributed by atoms with Gasteiger partial charge in [0, 0.05) is 72.5 Å². The first-order valence-electron chi connectivity index (χ1n) is 29.5. The first-order chi connectivity index (χ1) is 42.1. The van der Waals surface area contributed by atoms with E-state index in [1.165, 1.54) is 48.5 Å². The van der Waals surface area contributed by atoms with Crippen LogP contribution in [0.1, 0.15) is 125 Å². The van der Waals surface area contributed by atoms with Crippen molar-refractivity contribution in [2.45, 2.75) is 124 Å². The first-order valence-corrected chi connectivity index (χ1v) is 37.1. The minimum atomic E-state index is -4.57. The van der Waals surface area contributed by atoms with Gasteiger partial charge >= 0.3 is 0 Å². The predicted octanol–water partition coefficient (Wildman–Crippen LogP) is 7.63. The van der Waals surface area contributed by atoms with Crippen LogP contribution in [0.2, 0.25) is 0 Å². The number of rotatable bonds is 32. The molecular weight excluding hydrogens is 1260 g/mol. The van der Waals surface area contributed by atoms with Gasteiger partial charge < -0.3 is 25.0 Å². The number of allylic oxidation sites excluding steroid dienone is 8. The Morgan fingerprint density at radius 1 is 0.633 bits per heavy atom. The number of sulfonamides is 1. The molecule has 0 saturated heterocycles. The van der Waals surface area contributed by atoms with E-state index in [2.05, 4.69) is 34.9 Å². The van der Waals surface area contributed by atoms with Crippen molar-refractivity contribution < 1.29 is 83.9 Å². The zero-order valence-corrected chi connectivity index (χ0v) is 54.8. The van der Waals surface area contributed by atoms with Gasteiger partial charge in [-0.25, -0.2) is 13.6 Å². The lowest BCUT2D eigenvalue weighted by atomic mass is 9.79. The van der Waals surface area contributed by atoms with Crippen molar-refractivity contribution in [2.24, 2.45) is 5.14 Å². The number of unbranched alkanes of at least 4 members (excludes halogenated alkanes) is 3. The van der Waals surface area contributed by atoms with Crippen molar-refractivity contribution in [3.63, 3.8) is 0 Å². The van der Waals surface area contributed by atoms with Crippen molar-refractivity contribution >= 4 is 85.0 Å². The van der Waals surface area contributed by atoms with Gasteiger partial charge in [-0.3, -0.25) is 27.8 Å². The SMILES string of the molecule is CC1(C)C(/C=C/C2=C(c3ccc(CCCCC(=O)NCCOCCOCCNC(=O)c4ccc(S(N)(=O)=O)cc4)cc3)C(=C/C=C3/N(CCCCS(=O)(=O)O)c4ccc(S(=O)(=O)O)cc4C3(C)C)/CCC2)=[N+](CCCCS(=O)(=O)O)c2ccc(S(=O)(=O)O)cc21. The fourth-order valence-electron chi connectivity index (χ4n) is 11.5. The van der Waals surface area contributed by atoms with E-state index in [1.807, 2.05) is 61.5 Å². The molecule has 23 nitrogen and oxygen atoms in total. The second kappa shape index (κ2) is 30.0. The number of amides is 2. The Kier molecular flexibility index (Phi) is 23.7. The van der Waals surface area contributed by atoms with Crippen molar-refractivity contribution in [3.05, 3.63) is 154 Å². The normalized spacial score (nSPS) is 17.0. The van der Waals surface area contributed by atoms with Gasteiger partial charge in [0.05, 0.1) is 58.0 Å². The number of hydrogen-bond acceptors (Lipinski definition) is 15. The quantitative estimate of drug-likeness (QED) is 0.0140. The summed E-state index contributed by atoms with van der Waals surface area (Å²) in [5.41, 5.74) is 7.61. The van der Waals surface area contributed by atoms with Crippen LogP contribution >= 0.6 is 0 Å². The summed E-state index contributed by atoms with van der Waals surface area (Å²) in [6.45, 7) is 9.94. The number of anilines is 1. The topological polar surface area (TPSA) is 361 Å². The summed E-state index contributed by atoms with van der Waals surface area (Å²) < 4.78 is 171. The average molecular weight is 1340 g/mol. The molecule has 3 aliphatic rings. The van der Waals surface area contributed by atoms with E-state index in [1.54, 1.807) is 12.1 Å². The number of fused-ring (bicyclic) bond motifs is 2. The smallest absolute Gasteiger partial charge is 0.294 e. The number of primary sulfonamides is 1. The summed E-state index contributed by atoms with van der Waals surface area (Å²) in [5, 5.41) is 10.7. The maximum Gasteiger partial charge on any atom is 0.294 e. The zero-order valence-electron chi connectivity index (χ0n) is 50.8. The first kappa shape index (κ1) is 71.2. The molecule has 0 fully saturated rings. The maximum atomic E-state index is 12.7. The standard InChI is InChI=1S/C62H79N5O18S5/c1-61(2)52-42-50(89(78,79)80)26-28-54(52)66(34-7-9-40-86(70,71)72)56(61)30-22-45-13-11-14-46(23-31-57-62(3,4)53-43-51(90(81,82)83)27-29-55(53)67(57)35-8-10-41-87(73,74)75)59(45)47-18-16-44(17-19-47)12-5-6-15-58(68)64-32-36-84-38-39-85-37-33-65-60(69)48-20-24-49(25-21-48)88(63,76)77/h16-31,42-43H,5-15,32-41H2,1-4H3,(H7-,63,64,65,68,69,70,71,72,73,74,75,76,77,78,79,80,81,82,83)/p+1. The van der Waals surface area contributed by atoms with Gasteiger partial charge in [0.1, 0.15) is 6.54 Å². The molecule has 0 bridgehead atoms. The van der Waals surface area contributed by atoms with Gasteiger partial charge in [-0.2, -0.15) is 38.2 Å². The molecule has 0 aromatic heterocycles. The van der Waals surface area contributed by atoms with Gasteiger partial charge in [0.15, 0.2) is 5.71 Å². The second-order valence-electron chi connectivity index (χ2n) is 23.4. The molecule has 28 heteroatoms. The largest absolute Gasteiger partial charge is 0.377 e. The Bertz CT molecular complexity index is 4060. The van der Waals surface area contributed by atoms with Gasteiger partial charge in [0.25, 0.3) is 46.4 Å². The van der Waals surface area contributed by atoms with Crippen LogP contribution in [0.25, 0.3) is 5.57 Å². The third-order valence-electron chi connectivity index (χ3n) is 16.1. The van der Waals surface area contributed by atoms with Crippen LogP contribution in [0.4, 0.5) is 11.4 Å². The third-order valence-corrected chi connectivity index (χ3v) is 20.3. The Balaban J connectivity index is 1.07. The molecular formula is C62H80N5O18S5+. The summed E-state index contributed by atoms with van der Waals surface area (Å²) >= 11 is 0. The minimum absolute atomic E-state index is 0.0977. The molecule has 4 aromatic rings. The van der Waals surface area contributed by atoms with E-state index in [0.717, 1.165) is 52.1 Å². The molecule has 490 valence electrons. The molecule has 8 N–H and O–H groups in total. The van der Waals surface area contributed by atoms with Gasteiger partial charge in [0.2, 0.25) is 21.6 Å². The van der Waals surface area contributed by atoms with Gasteiger partial charge in [-0.1, -0.05) is 50.3 Å². The molecule has 0 unspecified atom stereocenters. The Hall–Kier alpha value is -6.28. The molecule has 2 aliphatic heterocycles. The fraction of sp³-hybridized carbons (Fsp3) is 0.435. The van der Waals surface area contributed by atoms with Crippen LogP contribution in [-0.4, -0.2) is 147 Å². The highest BCUT2D eigenvalue weighted by Crippen LogP contribution is 2.49. The van der Waals surface area contributed by atoms with Gasteiger partial charge in [-0.15, -0.1) is 0 Å². The molecule has 2 amide bonds. The highest BCUT2D eigenvalue weighted by molar-refractivity contribution is 7.89. The lowest BCUT2D eigenvalue weighted by molar-refractivity contribution is -0.438. The van der Waals surface area contributed by atoms with Crippen LogP contribution in [0, 0.1) is 0 Å². The number of carbonyl (C=O) groups is 2. The van der Waals surface area contributed by atoms with E-state index in [-0.39, 0.29) is 72.0 Å². The molecule has 0 atom stereocenters. The van der Waals surface area contributed by atoms with Crippen LogP contribution in [0.15, 0.2) is 141 Å². The molecule has 7 rings (SSSR count). The van der Waals surface area contributed by atoms with Crippen LogP contribution < -0.4 is 20.7 Å². The average Bonchev–Trinajstić information content (AvgIpc) is 1.59. The van der Waals surface area contributed by atoms with Crippen molar-refractivity contribution in [1.29, 1.82) is 0 Å². The van der Waals surface area contributed by atoms with E-state index in [9.17, 15) is 69.9 Å². The van der Waals surface area contributed by atoms with E-state index >= 15 is 0 Å². The second-order valence-corrected chi connectivity index (χ2v) is 30.9. The molecule has 0 radical (unpaired) electrons. The number of benzene rings is 4. The van der Waals surface area contributed by atoms with E-state index in [4.69, 9.17) is 14.6 Å². The monoisotopic (exact) mass is 1340 g/mol. The van der Waals surface area contributed by atoms with Crippen molar-refractivity contribution in [1.82, 2.24) is 10.6 Å². The number of hydrogen-bond donors (Lipinski definition) is 7. The number of carbonyl (C=O) groups excluding carboxylic acids is 2. The number of nitrogens with two attached hydrogens (primary N) is 1. The lowest BCUT2D eigenvalue weighted by Gasteiger charge is -2.28.